The molecule has 1 aromatic carbocycles. The number of benzene rings is 1. The van der Waals surface area contributed by atoms with E-state index in [2.05, 4.69) is 5.32 Å². The van der Waals surface area contributed by atoms with Crippen LogP contribution in [-0.2, 0) is 6.54 Å². The van der Waals surface area contributed by atoms with Crippen LogP contribution in [0, 0.1) is 11.7 Å². The lowest BCUT2D eigenvalue weighted by atomic mass is 10.0. The van der Waals surface area contributed by atoms with Crippen molar-refractivity contribution in [3.63, 3.8) is 0 Å². The summed E-state index contributed by atoms with van der Waals surface area (Å²) in [5.74, 6) is 0.434. The van der Waals surface area contributed by atoms with E-state index in [0.29, 0.717) is 18.5 Å². The first-order valence-electron chi connectivity index (χ1n) is 5.98. The van der Waals surface area contributed by atoms with E-state index in [-0.39, 0.29) is 5.82 Å². The number of hydrogen-bond acceptors (Lipinski definition) is 2. The number of hydrogen-bond donors (Lipinski definition) is 2. The van der Waals surface area contributed by atoms with Crippen LogP contribution in [0.5, 0.6) is 0 Å². The standard InChI is InChI=1S/C13H19FN2/c14-12-6-2-1-4-11(12)9-16-13-7-3-5-10(13)8-15/h1-2,4,6,10,13,16H,3,5,7-9,15H2. The van der Waals surface area contributed by atoms with Gasteiger partial charge in [-0.25, -0.2) is 4.39 Å². The topological polar surface area (TPSA) is 38.0 Å². The summed E-state index contributed by atoms with van der Waals surface area (Å²) in [6, 6.07) is 7.39. The van der Waals surface area contributed by atoms with Gasteiger partial charge in [0, 0.05) is 18.2 Å². The summed E-state index contributed by atoms with van der Waals surface area (Å²) in [5.41, 5.74) is 6.45. The van der Waals surface area contributed by atoms with E-state index in [9.17, 15) is 4.39 Å². The van der Waals surface area contributed by atoms with Gasteiger partial charge < -0.3 is 11.1 Å². The van der Waals surface area contributed by atoms with E-state index in [4.69, 9.17) is 5.73 Å². The molecule has 2 unspecified atom stereocenters. The number of rotatable bonds is 4. The molecule has 0 radical (unpaired) electrons. The van der Waals surface area contributed by atoms with E-state index >= 15 is 0 Å². The van der Waals surface area contributed by atoms with Gasteiger partial charge in [-0.3, -0.25) is 0 Å². The minimum atomic E-state index is -0.128. The molecule has 0 aliphatic heterocycles. The summed E-state index contributed by atoms with van der Waals surface area (Å²) < 4.78 is 13.4. The Kier molecular flexibility index (Phi) is 3.91. The van der Waals surface area contributed by atoms with E-state index in [1.165, 1.54) is 18.9 Å². The fraction of sp³-hybridized carbons (Fsp3) is 0.538. The normalized spacial score (nSPS) is 24.9. The van der Waals surface area contributed by atoms with Gasteiger partial charge in [0.05, 0.1) is 0 Å². The largest absolute Gasteiger partial charge is 0.330 e. The van der Waals surface area contributed by atoms with Gasteiger partial charge in [0.15, 0.2) is 0 Å². The molecule has 0 saturated heterocycles. The average molecular weight is 222 g/mol. The SMILES string of the molecule is NCC1CCCC1NCc1ccccc1F. The number of halogens is 1. The first-order valence-corrected chi connectivity index (χ1v) is 5.98. The molecular weight excluding hydrogens is 203 g/mol. The lowest BCUT2D eigenvalue weighted by molar-refractivity contribution is 0.403. The highest BCUT2D eigenvalue weighted by molar-refractivity contribution is 5.17. The third-order valence-electron chi connectivity index (χ3n) is 3.47. The molecule has 0 heterocycles. The maximum absolute atomic E-state index is 13.4. The van der Waals surface area contributed by atoms with Crippen molar-refractivity contribution in [3.05, 3.63) is 35.6 Å². The van der Waals surface area contributed by atoms with Gasteiger partial charge in [0.25, 0.3) is 0 Å². The predicted molar refractivity (Wildman–Crippen MR) is 63.4 cm³/mol. The van der Waals surface area contributed by atoms with Gasteiger partial charge in [0.1, 0.15) is 5.82 Å². The molecule has 16 heavy (non-hydrogen) atoms. The summed E-state index contributed by atoms with van der Waals surface area (Å²) in [7, 11) is 0. The van der Waals surface area contributed by atoms with Crippen LogP contribution in [0.15, 0.2) is 24.3 Å². The predicted octanol–water partition coefficient (Wildman–Crippen LogP) is 2.04. The van der Waals surface area contributed by atoms with Crippen molar-refractivity contribution in [2.45, 2.75) is 31.8 Å². The zero-order valence-corrected chi connectivity index (χ0v) is 9.45. The Hall–Kier alpha value is -0.930. The second-order valence-corrected chi connectivity index (χ2v) is 4.51. The van der Waals surface area contributed by atoms with Gasteiger partial charge in [-0.1, -0.05) is 24.6 Å². The van der Waals surface area contributed by atoms with E-state index < -0.39 is 0 Å². The Bertz CT molecular complexity index is 340. The van der Waals surface area contributed by atoms with Crippen LogP contribution in [0.1, 0.15) is 24.8 Å². The van der Waals surface area contributed by atoms with Crippen molar-refractivity contribution in [2.24, 2.45) is 11.7 Å². The minimum absolute atomic E-state index is 0.128. The molecular formula is C13H19FN2. The molecule has 2 atom stereocenters. The fourth-order valence-electron chi connectivity index (χ4n) is 2.47. The molecule has 1 aliphatic rings. The maximum Gasteiger partial charge on any atom is 0.127 e. The summed E-state index contributed by atoms with van der Waals surface area (Å²) in [4.78, 5) is 0. The summed E-state index contributed by atoms with van der Waals surface area (Å²) in [5, 5.41) is 3.42. The Labute approximate surface area is 96.0 Å². The molecule has 0 bridgehead atoms. The van der Waals surface area contributed by atoms with Gasteiger partial charge >= 0.3 is 0 Å². The highest BCUT2D eigenvalue weighted by Gasteiger charge is 2.25. The maximum atomic E-state index is 13.4. The van der Waals surface area contributed by atoms with Gasteiger partial charge in [0.2, 0.25) is 0 Å². The molecule has 0 aromatic heterocycles. The van der Waals surface area contributed by atoms with Gasteiger partial charge in [-0.2, -0.15) is 0 Å². The zero-order valence-electron chi connectivity index (χ0n) is 9.45. The zero-order chi connectivity index (χ0) is 11.4. The highest BCUT2D eigenvalue weighted by Crippen LogP contribution is 2.24. The van der Waals surface area contributed by atoms with Gasteiger partial charge in [-0.05, 0) is 31.4 Å². The highest BCUT2D eigenvalue weighted by atomic mass is 19.1. The summed E-state index contributed by atoms with van der Waals surface area (Å²) >= 11 is 0. The van der Waals surface area contributed by atoms with Crippen LogP contribution < -0.4 is 11.1 Å². The smallest absolute Gasteiger partial charge is 0.127 e. The molecule has 88 valence electrons. The second-order valence-electron chi connectivity index (χ2n) is 4.51. The molecule has 2 nitrogen and oxygen atoms in total. The van der Waals surface area contributed by atoms with E-state index in [1.54, 1.807) is 6.07 Å². The van der Waals surface area contributed by atoms with Crippen molar-refractivity contribution in [1.29, 1.82) is 0 Å². The van der Waals surface area contributed by atoms with Crippen molar-refractivity contribution in [2.75, 3.05) is 6.54 Å². The van der Waals surface area contributed by atoms with Crippen molar-refractivity contribution in [1.82, 2.24) is 5.32 Å². The second kappa shape index (κ2) is 5.41. The number of nitrogens with one attached hydrogen (secondary N) is 1. The Morgan fingerprint density at radius 2 is 2.12 bits per heavy atom. The van der Waals surface area contributed by atoms with Crippen LogP contribution in [0.4, 0.5) is 4.39 Å². The summed E-state index contributed by atoms with van der Waals surface area (Å²) in [6.07, 6.45) is 3.60. The molecule has 1 aliphatic carbocycles. The van der Waals surface area contributed by atoms with E-state index in [1.807, 2.05) is 12.1 Å². The van der Waals surface area contributed by atoms with Crippen LogP contribution in [-0.4, -0.2) is 12.6 Å². The Morgan fingerprint density at radius 1 is 1.31 bits per heavy atom. The van der Waals surface area contributed by atoms with Crippen LogP contribution in [0.3, 0.4) is 0 Å². The molecule has 1 aromatic rings. The lowest BCUT2D eigenvalue weighted by Gasteiger charge is -2.19. The minimum Gasteiger partial charge on any atom is -0.330 e. The first kappa shape index (κ1) is 11.6. The molecule has 1 fully saturated rings. The molecule has 0 spiro atoms. The summed E-state index contributed by atoms with van der Waals surface area (Å²) in [6.45, 7) is 1.34. The molecule has 3 heteroatoms. The van der Waals surface area contributed by atoms with Crippen LogP contribution >= 0.6 is 0 Å². The van der Waals surface area contributed by atoms with E-state index in [0.717, 1.165) is 18.5 Å². The molecule has 2 rings (SSSR count). The molecule has 3 N–H and O–H groups in total. The fourth-order valence-corrected chi connectivity index (χ4v) is 2.47. The molecule has 1 saturated carbocycles. The Balaban J connectivity index is 1.90. The third kappa shape index (κ3) is 2.60. The number of nitrogens with two attached hydrogens (primary N) is 1. The van der Waals surface area contributed by atoms with Gasteiger partial charge in [-0.15, -0.1) is 0 Å². The third-order valence-corrected chi connectivity index (χ3v) is 3.47. The molecule has 0 amide bonds. The van der Waals surface area contributed by atoms with Crippen molar-refractivity contribution in [3.8, 4) is 0 Å². The first-order chi connectivity index (χ1) is 7.81. The average Bonchev–Trinajstić information content (AvgIpc) is 2.75. The quantitative estimate of drug-likeness (QED) is 0.818. The Morgan fingerprint density at radius 3 is 2.88 bits per heavy atom. The van der Waals surface area contributed by atoms with Crippen LogP contribution in [0.2, 0.25) is 0 Å². The van der Waals surface area contributed by atoms with Crippen molar-refractivity contribution < 1.29 is 4.39 Å². The van der Waals surface area contributed by atoms with Crippen molar-refractivity contribution >= 4 is 0 Å². The van der Waals surface area contributed by atoms with Crippen LogP contribution in [0.25, 0.3) is 0 Å². The monoisotopic (exact) mass is 222 g/mol. The lowest BCUT2D eigenvalue weighted by Crippen LogP contribution is -2.35.